The van der Waals surface area contributed by atoms with Crippen molar-refractivity contribution in [2.45, 2.75) is 11.8 Å². The molecule has 5 heteroatoms. The maximum atomic E-state index is 11.2. The lowest BCUT2D eigenvalue weighted by Crippen LogP contribution is -2.05. The summed E-state index contributed by atoms with van der Waals surface area (Å²) in [4.78, 5) is 11.4. The van der Waals surface area contributed by atoms with Crippen LogP contribution in [0.3, 0.4) is 0 Å². The summed E-state index contributed by atoms with van der Waals surface area (Å²) in [5.74, 6) is -0.886. The van der Waals surface area contributed by atoms with Gasteiger partial charge in [0.25, 0.3) is 0 Å². The number of phenols is 1. The number of allylic oxidation sites excluding steroid dienone is 1. The second-order valence-electron chi connectivity index (χ2n) is 2.84. The smallest absolute Gasteiger partial charge is 0.335 e. The number of nitrogens with zero attached hydrogens (tertiary/aromatic N) is 1. The Hall–Kier alpha value is -1.93. The zero-order valence-electron chi connectivity index (χ0n) is 8.47. The number of aromatic hydroxyl groups is 1. The van der Waals surface area contributed by atoms with Gasteiger partial charge < -0.3 is 9.84 Å². The molecule has 0 atom stereocenters. The first-order valence-corrected chi connectivity index (χ1v) is 4.84. The third-order valence-electron chi connectivity index (χ3n) is 1.74. The number of nitriles is 1. The molecule has 82 valence electrons. The van der Waals surface area contributed by atoms with Crippen LogP contribution >= 0.6 is 12.6 Å². The highest BCUT2D eigenvalue weighted by molar-refractivity contribution is 7.80. The molecule has 0 unspecified atom stereocenters. The summed E-state index contributed by atoms with van der Waals surface area (Å²) in [5, 5.41) is 18.3. The van der Waals surface area contributed by atoms with E-state index in [1.54, 1.807) is 13.0 Å². The van der Waals surface area contributed by atoms with Crippen LogP contribution in [-0.4, -0.2) is 11.1 Å². The van der Waals surface area contributed by atoms with Crippen molar-refractivity contribution in [3.05, 3.63) is 29.8 Å². The average Bonchev–Trinajstić information content (AvgIpc) is 2.24. The maximum Gasteiger partial charge on any atom is 0.335 e. The number of hydrogen-bond acceptors (Lipinski definition) is 5. The second-order valence-corrected chi connectivity index (χ2v) is 3.32. The normalized spacial score (nSPS) is 10.1. The van der Waals surface area contributed by atoms with Crippen LogP contribution in [0.5, 0.6) is 11.5 Å². The summed E-state index contributed by atoms with van der Waals surface area (Å²) < 4.78 is 4.87. The zero-order valence-corrected chi connectivity index (χ0v) is 9.36. The lowest BCUT2D eigenvalue weighted by Gasteiger charge is -2.06. The van der Waals surface area contributed by atoms with Crippen LogP contribution in [0.25, 0.3) is 0 Å². The van der Waals surface area contributed by atoms with E-state index in [1.807, 2.05) is 0 Å². The highest BCUT2D eigenvalue weighted by Crippen LogP contribution is 2.32. The lowest BCUT2D eigenvalue weighted by atomic mass is 10.2. The molecule has 0 bridgehead atoms. The molecule has 16 heavy (non-hydrogen) atoms. The first-order valence-electron chi connectivity index (χ1n) is 4.39. The molecular weight excluding hydrogens is 226 g/mol. The molecule has 0 aliphatic heterocycles. The van der Waals surface area contributed by atoms with E-state index in [9.17, 15) is 9.90 Å². The maximum absolute atomic E-state index is 11.2. The Bertz CT molecular complexity index is 489. The summed E-state index contributed by atoms with van der Waals surface area (Å²) in [6.45, 7) is 1.67. The largest absolute Gasteiger partial charge is 0.505 e. The van der Waals surface area contributed by atoms with Crippen LogP contribution < -0.4 is 4.74 Å². The predicted octanol–water partition coefficient (Wildman–Crippen LogP) is 2.03. The minimum Gasteiger partial charge on any atom is -0.505 e. The molecule has 0 saturated heterocycles. The molecule has 1 aromatic carbocycles. The van der Waals surface area contributed by atoms with Crippen LogP contribution in [0.2, 0.25) is 0 Å². The van der Waals surface area contributed by atoms with E-state index in [0.717, 1.165) is 0 Å². The summed E-state index contributed by atoms with van der Waals surface area (Å²) in [5.41, 5.74) is -0.106. The fourth-order valence-electron chi connectivity index (χ4n) is 1.03. The van der Waals surface area contributed by atoms with Gasteiger partial charge in [-0.25, -0.2) is 4.79 Å². The number of hydrogen-bond donors (Lipinski definition) is 2. The number of carbonyl (C=O) groups excluding carboxylic acids is 1. The van der Waals surface area contributed by atoms with Crippen molar-refractivity contribution < 1.29 is 14.6 Å². The molecule has 0 saturated carbocycles. The number of thiol groups is 1. The Kier molecular flexibility index (Phi) is 3.97. The fourth-order valence-corrected chi connectivity index (χ4v) is 1.22. The standard InChI is InChI=1S/C11H9NO3S/c1-2-3-10(13)15-8-4-5-9(16)11(14)7(8)6-12/h2-5,14,16H,1H3. The Morgan fingerprint density at radius 2 is 2.31 bits per heavy atom. The number of esters is 1. The molecule has 0 aliphatic carbocycles. The highest BCUT2D eigenvalue weighted by Gasteiger charge is 2.13. The van der Waals surface area contributed by atoms with Gasteiger partial charge in [-0.3, -0.25) is 0 Å². The Morgan fingerprint density at radius 3 is 2.88 bits per heavy atom. The van der Waals surface area contributed by atoms with Crippen LogP contribution in [0.1, 0.15) is 12.5 Å². The van der Waals surface area contributed by atoms with Crippen LogP contribution in [0.15, 0.2) is 29.2 Å². The first-order chi connectivity index (χ1) is 7.60. The van der Waals surface area contributed by atoms with Crippen molar-refractivity contribution in [2.75, 3.05) is 0 Å². The first kappa shape index (κ1) is 12.1. The summed E-state index contributed by atoms with van der Waals surface area (Å²) in [7, 11) is 0. The molecule has 1 aromatic rings. The van der Waals surface area contributed by atoms with Gasteiger partial charge in [-0.1, -0.05) is 6.08 Å². The second kappa shape index (κ2) is 5.24. The van der Waals surface area contributed by atoms with Gasteiger partial charge in [0, 0.05) is 11.0 Å². The van der Waals surface area contributed by atoms with E-state index in [2.05, 4.69) is 12.6 Å². The third kappa shape index (κ3) is 2.55. The van der Waals surface area contributed by atoms with Gasteiger partial charge in [0.2, 0.25) is 0 Å². The quantitative estimate of drug-likeness (QED) is 0.356. The number of ether oxygens (including phenoxy) is 1. The van der Waals surface area contributed by atoms with Crippen molar-refractivity contribution in [1.29, 1.82) is 5.26 Å². The molecule has 0 amide bonds. The highest BCUT2D eigenvalue weighted by atomic mass is 32.1. The molecule has 1 rings (SSSR count). The number of carbonyl (C=O) groups is 1. The lowest BCUT2D eigenvalue weighted by molar-refractivity contribution is -0.129. The molecule has 0 fully saturated rings. The Morgan fingerprint density at radius 1 is 1.62 bits per heavy atom. The van der Waals surface area contributed by atoms with Crippen LogP contribution in [-0.2, 0) is 4.79 Å². The molecule has 0 aliphatic rings. The Balaban J connectivity index is 3.11. The summed E-state index contributed by atoms with van der Waals surface area (Å²) in [6, 6.07) is 4.60. The molecule has 0 radical (unpaired) electrons. The van der Waals surface area contributed by atoms with E-state index < -0.39 is 5.97 Å². The number of rotatable bonds is 2. The summed E-state index contributed by atoms with van der Waals surface area (Å²) >= 11 is 3.95. The van der Waals surface area contributed by atoms with Crippen LogP contribution in [0.4, 0.5) is 0 Å². The van der Waals surface area contributed by atoms with Gasteiger partial charge in [-0.15, -0.1) is 12.6 Å². The van der Waals surface area contributed by atoms with Crippen molar-refractivity contribution in [2.24, 2.45) is 0 Å². The zero-order chi connectivity index (χ0) is 12.1. The van der Waals surface area contributed by atoms with Gasteiger partial charge in [0.05, 0.1) is 0 Å². The third-order valence-corrected chi connectivity index (χ3v) is 2.10. The van der Waals surface area contributed by atoms with Gasteiger partial charge >= 0.3 is 5.97 Å². The number of phenolic OH excluding ortho intramolecular Hbond substituents is 1. The van der Waals surface area contributed by atoms with Crippen LogP contribution in [0, 0.1) is 11.3 Å². The molecule has 0 heterocycles. The number of benzene rings is 1. The van der Waals surface area contributed by atoms with E-state index in [-0.39, 0.29) is 22.0 Å². The van der Waals surface area contributed by atoms with Crippen molar-refractivity contribution in [3.8, 4) is 17.6 Å². The van der Waals surface area contributed by atoms with Crippen molar-refractivity contribution in [3.63, 3.8) is 0 Å². The molecular formula is C11H9NO3S. The minimum absolute atomic E-state index is 0.0147. The minimum atomic E-state index is -0.606. The molecule has 4 nitrogen and oxygen atoms in total. The van der Waals surface area contributed by atoms with E-state index >= 15 is 0 Å². The van der Waals surface area contributed by atoms with E-state index in [4.69, 9.17) is 10.00 Å². The summed E-state index contributed by atoms with van der Waals surface area (Å²) in [6.07, 6.45) is 2.73. The molecule has 0 spiro atoms. The SMILES string of the molecule is CC=CC(=O)Oc1ccc(S)c(O)c1C#N. The van der Waals surface area contributed by atoms with Crippen molar-refractivity contribution in [1.82, 2.24) is 0 Å². The van der Waals surface area contributed by atoms with Gasteiger partial charge in [0.1, 0.15) is 17.4 Å². The predicted molar refractivity (Wildman–Crippen MR) is 60.5 cm³/mol. The Labute approximate surface area is 98.2 Å². The van der Waals surface area contributed by atoms with E-state index in [1.165, 1.54) is 24.3 Å². The average molecular weight is 235 g/mol. The fraction of sp³-hybridized carbons (Fsp3) is 0.0909. The monoisotopic (exact) mass is 235 g/mol. The van der Waals surface area contributed by atoms with Crippen molar-refractivity contribution >= 4 is 18.6 Å². The molecule has 0 aromatic heterocycles. The van der Waals surface area contributed by atoms with E-state index in [0.29, 0.717) is 0 Å². The van der Waals surface area contributed by atoms with Gasteiger partial charge in [-0.05, 0) is 19.1 Å². The topological polar surface area (TPSA) is 70.3 Å². The van der Waals surface area contributed by atoms with Gasteiger partial charge in [0.15, 0.2) is 5.75 Å². The van der Waals surface area contributed by atoms with Gasteiger partial charge in [-0.2, -0.15) is 5.26 Å². The molecule has 1 N–H and O–H groups in total.